The lowest BCUT2D eigenvalue weighted by molar-refractivity contribution is -0.0359. The molecule has 0 aromatic carbocycles. The molecule has 1 aliphatic rings. The van der Waals surface area contributed by atoms with E-state index in [0.29, 0.717) is 0 Å². The van der Waals surface area contributed by atoms with Gasteiger partial charge in [-0.25, -0.2) is 0 Å². The van der Waals surface area contributed by atoms with E-state index in [9.17, 15) is 5.11 Å². The average Bonchev–Trinajstić information content (AvgIpc) is 2.09. The van der Waals surface area contributed by atoms with Gasteiger partial charge in [-0.15, -0.1) is 0 Å². The van der Waals surface area contributed by atoms with E-state index in [4.69, 9.17) is 9.84 Å². The molecule has 0 radical (unpaired) electrons. The molecule has 3 heteroatoms. The van der Waals surface area contributed by atoms with Gasteiger partial charge in [0.25, 0.3) is 0 Å². The highest BCUT2D eigenvalue weighted by molar-refractivity contribution is 4.73. The van der Waals surface area contributed by atoms with E-state index in [2.05, 4.69) is 0 Å². The van der Waals surface area contributed by atoms with Gasteiger partial charge < -0.3 is 14.9 Å². The maximum atomic E-state index is 9.24. The summed E-state index contributed by atoms with van der Waals surface area (Å²) in [5.41, 5.74) is 0. The van der Waals surface area contributed by atoms with Gasteiger partial charge >= 0.3 is 0 Å². The first-order valence-corrected chi connectivity index (χ1v) is 4.00. The molecule has 3 nitrogen and oxygen atoms in total. The van der Waals surface area contributed by atoms with Crippen molar-refractivity contribution in [1.82, 2.24) is 0 Å². The normalized spacial score (nSPS) is 30.5. The summed E-state index contributed by atoms with van der Waals surface area (Å²) < 4.78 is 5.05. The van der Waals surface area contributed by atoms with Gasteiger partial charge in [-0.2, -0.15) is 0 Å². The van der Waals surface area contributed by atoms with Gasteiger partial charge in [0.2, 0.25) is 0 Å². The first-order chi connectivity index (χ1) is 5.34. The van der Waals surface area contributed by atoms with Crippen molar-refractivity contribution < 1.29 is 14.9 Å². The van der Waals surface area contributed by atoms with Crippen LogP contribution in [0.5, 0.6) is 0 Å². The van der Waals surface area contributed by atoms with Crippen LogP contribution in [0.2, 0.25) is 0 Å². The fourth-order valence-corrected chi connectivity index (χ4v) is 1.35. The van der Waals surface area contributed by atoms with E-state index in [1.54, 1.807) is 7.11 Å². The molecular weight excluding hydrogens is 144 g/mol. The monoisotopic (exact) mass is 162 g/mol. The summed E-state index contributed by atoms with van der Waals surface area (Å²) >= 11 is 0. The minimum absolute atomic E-state index is 0.110. The molecule has 0 aliphatic heterocycles. The van der Waals surface area contributed by atoms with Crippen LogP contribution in [0.4, 0.5) is 0 Å². The van der Waals surface area contributed by atoms with E-state index < -0.39 is 0 Å². The van der Waals surface area contributed by atoms with E-state index >= 15 is 0 Å². The lowest BCUT2D eigenvalue weighted by atomic mass is 9.95. The molecule has 1 saturated carbocycles. The summed E-state index contributed by atoms with van der Waals surface area (Å²) in [5, 5.41) is 16.2. The molecule has 0 bridgehead atoms. The van der Waals surface area contributed by atoms with Crippen LogP contribution in [0.1, 0.15) is 25.7 Å². The molecule has 0 heterocycles. The largest absolute Gasteiger partial charge is 0.400 e. The third-order valence-electron chi connectivity index (χ3n) is 1.97. The minimum atomic E-state index is -0.205. The Morgan fingerprint density at radius 3 is 2.09 bits per heavy atom. The Morgan fingerprint density at radius 1 is 1.18 bits per heavy atom. The van der Waals surface area contributed by atoms with E-state index in [0.717, 1.165) is 26.4 Å². The first kappa shape index (κ1) is 10.9. The molecule has 0 spiro atoms. The van der Waals surface area contributed by atoms with Crippen LogP contribution in [0, 0.1) is 0 Å². The number of hydrogen-bond donors (Lipinski definition) is 2. The number of hydrogen-bond acceptors (Lipinski definition) is 3. The van der Waals surface area contributed by atoms with Crippen molar-refractivity contribution in [3.8, 4) is 0 Å². The molecule has 2 atom stereocenters. The zero-order valence-electron chi connectivity index (χ0n) is 7.29. The molecule has 1 fully saturated rings. The van der Waals surface area contributed by atoms with Crippen LogP contribution in [-0.2, 0) is 4.74 Å². The summed E-state index contributed by atoms with van der Waals surface area (Å²) in [6, 6.07) is 0. The highest BCUT2D eigenvalue weighted by Gasteiger charge is 2.21. The smallest absolute Gasteiger partial charge is 0.0830 e. The van der Waals surface area contributed by atoms with Gasteiger partial charge in [-0.05, 0) is 12.8 Å². The number of ether oxygens (including phenoxy) is 1. The zero-order chi connectivity index (χ0) is 8.69. The molecule has 2 N–H and O–H groups in total. The Hall–Kier alpha value is -0.120. The summed E-state index contributed by atoms with van der Waals surface area (Å²) in [5.74, 6) is 0. The Balaban J connectivity index is 0.000000461. The van der Waals surface area contributed by atoms with Crippen molar-refractivity contribution in [2.75, 3.05) is 14.2 Å². The second-order valence-corrected chi connectivity index (χ2v) is 2.63. The van der Waals surface area contributed by atoms with E-state index in [-0.39, 0.29) is 12.2 Å². The molecule has 68 valence electrons. The first-order valence-electron chi connectivity index (χ1n) is 4.00. The van der Waals surface area contributed by atoms with Gasteiger partial charge in [-0.3, -0.25) is 0 Å². The molecule has 11 heavy (non-hydrogen) atoms. The Bertz CT molecular complexity index is 85.4. The molecule has 0 saturated heterocycles. The molecule has 1 rings (SSSR count). The van der Waals surface area contributed by atoms with E-state index in [1.807, 2.05) is 0 Å². The predicted molar refractivity (Wildman–Crippen MR) is 43.4 cm³/mol. The predicted octanol–water partition coefficient (Wildman–Crippen LogP) is 0.545. The second-order valence-electron chi connectivity index (χ2n) is 2.63. The molecule has 0 aromatic heterocycles. The van der Waals surface area contributed by atoms with Crippen LogP contribution in [0.25, 0.3) is 0 Å². The van der Waals surface area contributed by atoms with Gasteiger partial charge in [0.05, 0.1) is 12.2 Å². The number of methoxy groups -OCH3 is 1. The van der Waals surface area contributed by atoms with Crippen molar-refractivity contribution >= 4 is 0 Å². The lowest BCUT2D eigenvalue weighted by Gasteiger charge is -2.25. The van der Waals surface area contributed by atoms with Crippen molar-refractivity contribution in [3.63, 3.8) is 0 Å². The van der Waals surface area contributed by atoms with Gasteiger partial charge in [0.15, 0.2) is 0 Å². The summed E-state index contributed by atoms with van der Waals surface area (Å²) in [6.07, 6.45) is 4.20. The van der Waals surface area contributed by atoms with Gasteiger partial charge in [0, 0.05) is 14.2 Å². The maximum absolute atomic E-state index is 9.24. The van der Waals surface area contributed by atoms with Crippen LogP contribution < -0.4 is 0 Å². The number of aliphatic hydroxyl groups is 2. The highest BCUT2D eigenvalue weighted by Crippen LogP contribution is 2.19. The molecular formula is C8H18O3. The molecule has 1 aliphatic carbocycles. The lowest BCUT2D eigenvalue weighted by Crippen LogP contribution is -2.30. The highest BCUT2D eigenvalue weighted by atomic mass is 16.5. The van der Waals surface area contributed by atoms with Crippen LogP contribution >= 0.6 is 0 Å². The number of aliphatic hydroxyl groups excluding tert-OH is 2. The van der Waals surface area contributed by atoms with Crippen molar-refractivity contribution in [2.24, 2.45) is 0 Å². The third kappa shape index (κ3) is 3.70. The van der Waals surface area contributed by atoms with Gasteiger partial charge in [0.1, 0.15) is 0 Å². The Morgan fingerprint density at radius 2 is 1.73 bits per heavy atom. The number of rotatable bonds is 1. The summed E-state index contributed by atoms with van der Waals surface area (Å²) in [4.78, 5) is 0. The van der Waals surface area contributed by atoms with Crippen LogP contribution in [-0.4, -0.2) is 36.6 Å². The Labute approximate surface area is 68.0 Å². The fourth-order valence-electron chi connectivity index (χ4n) is 1.35. The summed E-state index contributed by atoms with van der Waals surface area (Å²) in [7, 11) is 2.67. The van der Waals surface area contributed by atoms with Crippen LogP contribution in [0.15, 0.2) is 0 Å². The molecule has 2 unspecified atom stereocenters. The Kier molecular flexibility index (Phi) is 6.51. The molecule has 0 amide bonds. The third-order valence-corrected chi connectivity index (χ3v) is 1.97. The van der Waals surface area contributed by atoms with E-state index in [1.165, 1.54) is 6.42 Å². The maximum Gasteiger partial charge on any atom is 0.0830 e. The standard InChI is InChI=1S/C7H14O2.CH4O/c1-9-7-5-3-2-4-6(7)8;1-2/h6-8H,2-5H2,1H3;2H,1H3. The topological polar surface area (TPSA) is 49.7 Å². The molecule has 0 aromatic rings. The SMILES string of the molecule is CO.COC1CCCCC1O. The fraction of sp³-hybridized carbons (Fsp3) is 1.00. The van der Waals surface area contributed by atoms with Crippen molar-refractivity contribution in [1.29, 1.82) is 0 Å². The van der Waals surface area contributed by atoms with Crippen molar-refractivity contribution in [3.05, 3.63) is 0 Å². The summed E-state index contributed by atoms with van der Waals surface area (Å²) in [6.45, 7) is 0. The minimum Gasteiger partial charge on any atom is -0.400 e. The van der Waals surface area contributed by atoms with Crippen LogP contribution in [0.3, 0.4) is 0 Å². The van der Waals surface area contributed by atoms with Crippen molar-refractivity contribution in [2.45, 2.75) is 37.9 Å². The van der Waals surface area contributed by atoms with Gasteiger partial charge in [-0.1, -0.05) is 12.8 Å². The average molecular weight is 162 g/mol. The quantitative estimate of drug-likeness (QED) is 0.592. The second kappa shape index (κ2) is 6.58. The zero-order valence-corrected chi connectivity index (χ0v) is 7.29.